The van der Waals surface area contributed by atoms with Gasteiger partial charge >= 0.3 is 0 Å². The summed E-state index contributed by atoms with van der Waals surface area (Å²) in [6, 6.07) is 20.1. The van der Waals surface area contributed by atoms with Crippen LogP contribution in [0.1, 0.15) is 0 Å². The maximum Gasteiger partial charge on any atom is 0.0950 e. The maximum absolute atomic E-state index is 4.79. The van der Waals surface area contributed by atoms with Crippen molar-refractivity contribution in [3.05, 3.63) is 82.8 Å². The summed E-state index contributed by atoms with van der Waals surface area (Å²) in [6.07, 6.45) is 5.38. The highest BCUT2D eigenvalue weighted by molar-refractivity contribution is 14.1. The molecule has 4 rings (SSSR count). The summed E-state index contributed by atoms with van der Waals surface area (Å²) in [5.74, 6) is 0. The van der Waals surface area contributed by atoms with Crippen molar-refractivity contribution in [2.24, 2.45) is 0 Å². The van der Waals surface area contributed by atoms with Crippen molar-refractivity contribution in [1.82, 2.24) is 19.7 Å². The minimum absolute atomic E-state index is 0.877. The second-order valence-corrected chi connectivity index (χ2v) is 6.51. The molecule has 5 heteroatoms. The van der Waals surface area contributed by atoms with Crippen LogP contribution in [0.15, 0.2) is 79.3 Å². The molecule has 0 atom stereocenters. The first kappa shape index (κ1) is 15.0. The fraction of sp³-hybridized carbons (Fsp3) is 0. The number of hydrogen-bond donors (Lipinski definition) is 0. The number of halogens is 1. The molecular formula is C19H13IN4. The lowest BCUT2D eigenvalue weighted by Crippen LogP contribution is -2.00. The van der Waals surface area contributed by atoms with Crippen molar-refractivity contribution >= 4 is 22.6 Å². The normalized spacial score (nSPS) is 10.7. The molecular weight excluding hydrogens is 411 g/mol. The molecule has 0 saturated carbocycles. The summed E-state index contributed by atoms with van der Waals surface area (Å²) in [5.41, 5.74) is 4.71. The number of rotatable bonds is 3. The number of aromatic nitrogens is 4. The Bertz CT molecular complexity index is 948. The van der Waals surface area contributed by atoms with Gasteiger partial charge in [0, 0.05) is 27.7 Å². The van der Waals surface area contributed by atoms with E-state index in [4.69, 9.17) is 5.10 Å². The van der Waals surface area contributed by atoms with Gasteiger partial charge in [-0.15, -0.1) is 0 Å². The van der Waals surface area contributed by atoms with Crippen LogP contribution in [0.5, 0.6) is 0 Å². The Kier molecular flexibility index (Phi) is 4.08. The molecule has 0 bridgehead atoms. The van der Waals surface area contributed by atoms with Crippen LogP contribution in [0.2, 0.25) is 0 Å². The predicted molar refractivity (Wildman–Crippen MR) is 103 cm³/mol. The standard InChI is InChI=1S/C19H13IN4/c20-15-6-8-16(9-7-15)24-19(17-5-1-2-11-22-17)12-18(23-24)14-4-3-10-21-13-14/h1-13H. The van der Waals surface area contributed by atoms with Crippen LogP contribution in [0.4, 0.5) is 0 Å². The van der Waals surface area contributed by atoms with Crippen LogP contribution < -0.4 is 0 Å². The van der Waals surface area contributed by atoms with E-state index in [1.165, 1.54) is 3.57 Å². The van der Waals surface area contributed by atoms with E-state index in [1.807, 2.05) is 41.2 Å². The topological polar surface area (TPSA) is 43.6 Å². The van der Waals surface area contributed by atoms with Crippen LogP contribution in [0, 0.1) is 3.57 Å². The van der Waals surface area contributed by atoms with Gasteiger partial charge in [0.25, 0.3) is 0 Å². The second kappa shape index (κ2) is 6.52. The van der Waals surface area contributed by atoms with Crippen molar-refractivity contribution in [1.29, 1.82) is 0 Å². The highest BCUT2D eigenvalue weighted by Crippen LogP contribution is 2.27. The average molecular weight is 424 g/mol. The van der Waals surface area contributed by atoms with Gasteiger partial charge in [-0.3, -0.25) is 9.97 Å². The van der Waals surface area contributed by atoms with Crippen molar-refractivity contribution < 1.29 is 0 Å². The fourth-order valence-corrected chi connectivity index (χ4v) is 2.87. The molecule has 0 aliphatic carbocycles. The lowest BCUT2D eigenvalue weighted by atomic mass is 10.2. The first-order valence-electron chi connectivity index (χ1n) is 7.49. The van der Waals surface area contributed by atoms with Gasteiger partial charge in [0.15, 0.2) is 0 Å². The molecule has 3 heterocycles. The van der Waals surface area contributed by atoms with Gasteiger partial charge in [0.2, 0.25) is 0 Å². The van der Waals surface area contributed by atoms with Gasteiger partial charge in [-0.25, -0.2) is 4.68 Å². The molecule has 24 heavy (non-hydrogen) atoms. The van der Waals surface area contributed by atoms with Crippen molar-refractivity contribution in [3.63, 3.8) is 0 Å². The van der Waals surface area contributed by atoms with E-state index in [-0.39, 0.29) is 0 Å². The number of hydrogen-bond acceptors (Lipinski definition) is 3. The minimum atomic E-state index is 0.877. The van der Waals surface area contributed by atoms with Gasteiger partial charge < -0.3 is 0 Å². The molecule has 0 spiro atoms. The molecule has 0 aliphatic rings. The van der Waals surface area contributed by atoms with E-state index in [0.717, 1.165) is 28.3 Å². The van der Waals surface area contributed by atoms with E-state index in [2.05, 4.69) is 62.9 Å². The first-order chi connectivity index (χ1) is 11.8. The Morgan fingerprint density at radius 1 is 0.833 bits per heavy atom. The Labute approximate surface area is 153 Å². The largest absolute Gasteiger partial charge is 0.264 e. The minimum Gasteiger partial charge on any atom is -0.264 e. The highest BCUT2D eigenvalue weighted by atomic mass is 127. The quantitative estimate of drug-likeness (QED) is 0.452. The van der Waals surface area contributed by atoms with Gasteiger partial charge in [-0.1, -0.05) is 6.07 Å². The second-order valence-electron chi connectivity index (χ2n) is 5.26. The third kappa shape index (κ3) is 2.94. The van der Waals surface area contributed by atoms with Crippen molar-refractivity contribution in [3.8, 4) is 28.3 Å². The maximum atomic E-state index is 4.79. The summed E-state index contributed by atoms with van der Waals surface area (Å²) in [7, 11) is 0. The van der Waals surface area contributed by atoms with E-state index < -0.39 is 0 Å². The molecule has 4 aromatic rings. The summed E-state index contributed by atoms with van der Waals surface area (Å²) in [6.45, 7) is 0. The highest BCUT2D eigenvalue weighted by Gasteiger charge is 2.13. The SMILES string of the molecule is Ic1ccc(-n2nc(-c3cccnc3)cc2-c2ccccn2)cc1. The molecule has 3 aromatic heterocycles. The number of benzene rings is 1. The molecule has 0 amide bonds. The monoisotopic (exact) mass is 424 g/mol. The molecule has 4 nitrogen and oxygen atoms in total. The Balaban J connectivity index is 1.90. The summed E-state index contributed by atoms with van der Waals surface area (Å²) in [4.78, 5) is 8.67. The van der Waals surface area contributed by atoms with Gasteiger partial charge in [-0.2, -0.15) is 5.10 Å². The van der Waals surface area contributed by atoms with Crippen molar-refractivity contribution in [2.45, 2.75) is 0 Å². The zero-order chi connectivity index (χ0) is 16.4. The van der Waals surface area contributed by atoms with E-state index in [9.17, 15) is 0 Å². The first-order valence-corrected chi connectivity index (χ1v) is 8.57. The number of pyridine rings is 2. The van der Waals surface area contributed by atoms with Crippen LogP contribution in [-0.2, 0) is 0 Å². The smallest absolute Gasteiger partial charge is 0.0950 e. The summed E-state index contributed by atoms with van der Waals surface area (Å²) in [5, 5.41) is 4.79. The van der Waals surface area contributed by atoms with Gasteiger partial charge in [0.1, 0.15) is 0 Å². The van der Waals surface area contributed by atoms with E-state index >= 15 is 0 Å². The summed E-state index contributed by atoms with van der Waals surface area (Å²) >= 11 is 2.30. The van der Waals surface area contributed by atoms with Crippen molar-refractivity contribution in [2.75, 3.05) is 0 Å². The summed E-state index contributed by atoms with van der Waals surface area (Å²) < 4.78 is 3.12. The zero-order valence-corrected chi connectivity index (χ0v) is 14.8. The van der Waals surface area contributed by atoms with Crippen LogP contribution in [0.25, 0.3) is 28.3 Å². The Morgan fingerprint density at radius 2 is 1.71 bits per heavy atom. The molecule has 0 N–H and O–H groups in total. The third-order valence-corrected chi connectivity index (χ3v) is 4.38. The molecule has 0 fully saturated rings. The lowest BCUT2D eigenvalue weighted by molar-refractivity contribution is 0.887. The number of nitrogens with zero attached hydrogens (tertiary/aromatic N) is 4. The predicted octanol–water partition coefficient (Wildman–Crippen LogP) is 4.60. The molecule has 0 saturated heterocycles. The molecule has 0 aliphatic heterocycles. The third-order valence-electron chi connectivity index (χ3n) is 3.67. The average Bonchev–Trinajstić information content (AvgIpc) is 3.09. The van der Waals surface area contributed by atoms with Crippen LogP contribution >= 0.6 is 22.6 Å². The van der Waals surface area contributed by atoms with E-state index in [1.54, 1.807) is 12.4 Å². The van der Waals surface area contributed by atoms with Gasteiger partial charge in [-0.05, 0) is 77.2 Å². The van der Waals surface area contributed by atoms with Crippen LogP contribution in [-0.4, -0.2) is 19.7 Å². The molecule has 116 valence electrons. The molecule has 1 aromatic carbocycles. The fourth-order valence-electron chi connectivity index (χ4n) is 2.51. The molecule has 0 radical (unpaired) electrons. The zero-order valence-electron chi connectivity index (χ0n) is 12.7. The van der Waals surface area contributed by atoms with E-state index in [0.29, 0.717) is 0 Å². The Morgan fingerprint density at radius 3 is 2.42 bits per heavy atom. The lowest BCUT2D eigenvalue weighted by Gasteiger charge is -2.07. The molecule has 0 unspecified atom stereocenters. The van der Waals surface area contributed by atoms with Gasteiger partial charge in [0.05, 0.1) is 22.8 Å². The van der Waals surface area contributed by atoms with Crippen LogP contribution in [0.3, 0.4) is 0 Å². The Hall–Kier alpha value is -2.54.